The van der Waals surface area contributed by atoms with Gasteiger partial charge < -0.3 is 4.84 Å². The average Bonchev–Trinajstić information content (AvgIpc) is 2.86. The highest BCUT2D eigenvalue weighted by atomic mass is 32.2. The third kappa shape index (κ3) is 3.29. The standard InChI is InChI=1S/C17H13NO6S/c19-15(10-11-25(22,23)12-6-2-1-3-7-12)24-18-16(20)13-8-4-5-9-14(13)17(18)21/h1-9H,10-11H2. The molecule has 0 aliphatic carbocycles. The number of benzene rings is 2. The van der Waals surface area contributed by atoms with E-state index in [1.165, 1.54) is 24.3 Å². The predicted octanol–water partition coefficient (Wildman–Crippen LogP) is 1.60. The summed E-state index contributed by atoms with van der Waals surface area (Å²) in [5.74, 6) is -2.97. The summed E-state index contributed by atoms with van der Waals surface area (Å²) >= 11 is 0. The summed E-state index contributed by atoms with van der Waals surface area (Å²) in [6, 6.07) is 13.7. The molecule has 0 unspecified atom stereocenters. The Bertz CT molecular complexity index is 917. The van der Waals surface area contributed by atoms with Crippen molar-refractivity contribution in [3.05, 3.63) is 65.7 Å². The first kappa shape index (κ1) is 16.8. The monoisotopic (exact) mass is 359 g/mol. The van der Waals surface area contributed by atoms with Crippen molar-refractivity contribution in [2.24, 2.45) is 0 Å². The van der Waals surface area contributed by atoms with Crippen molar-refractivity contribution >= 4 is 27.6 Å². The fraction of sp³-hybridized carbons (Fsp3) is 0.118. The van der Waals surface area contributed by atoms with E-state index in [1.54, 1.807) is 30.3 Å². The summed E-state index contributed by atoms with van der Waals surface area (Å²) in [6.07, 6.45) is -0.482. The Morgan fingerprint density at radius 3 is 1.96 bits per heavy atom. The first-order valence-electron chi connectivity index (χ1n) is 7.36. The van der Waals surface area contributed by atoms with Gasteiger partial charge in [-0.3, -0.25) is 9.59 Å². The molecule has 0 aromatic heterocycles. The minimum absolute atomic E-state index is 0.0866. The van der Waals surface area contributed by atoms with Gasteiger partial charge in [0.2, 0.25) is 0 Å². The van der Waals surface area contributed by atoms with E-state index in [2.05, 4.69) is 0 Å². The SMILES string of the molecule is O=C(CCS(=O)(=O)c1ccccc1)ON1C(=O)c2ccccc2C1=O. The van der Waals surface area contributed by atoms with Crippen molar-refractivity contribution < 1.29 is 27.6 Å². The molecule has 0 spiro atoms. The summed E-state index contributed by atoms with van der Waals surface area (Å²) in [4.78, 5) is 40.9. The van der Waals surface area contributed by atoms with Crippen LogP contribution in [0.1, 0.15) is 27.1 Å². The lowest BCUT2D eigenvalue weighted by Crippen LogP contribution is -2.33. The number of imide groups is 1. The van der Waals surface area contributed by atoms with Crippen LogP contribution in [0.5, 0.6) is 0 Å². The zero-order chi connectivity index (χ0) is 18.0. The lowest BCUT2D eigenvalue weighted by molar-refractivity contribution is -0.168. The summed E-state index contributed by atoms with van der Waals surface area (Å²) in [5.41, 5.74) is 0.273. The topological polar surface area (TPSA) is 97.8 Å². The Balaban J connectivity index is 1.65. The molecule has 25 heavy (non-hydrogen) atoms. The molecular formula is C17H13NO6S. The van der Waals surface area contributed by atoms with Gasteiger partial charge in [0.1, 0.15) is 0 Å². The highest BCUT2D eigenvalue weighted by molar-refractivity contribution is 7.91. The van der Waals surface area contributed by atoms with Crippen molar-refractivity contribution in [2.75, 3.05) is 5.75 Å². The Morgan fingerprint density at radius 1 is 0.880 bits per heavy atom. The van der Waals surface area contributed by atoms with E-state index < -0.39 is 39.8 Å². The number of nitrogens with zero attached hydrogens (tertiary/aromatic N) is 1. The Labute approximate surface area is 143 Å². The van der Waals surface area contributed by atoms with E-state index in [-0.39, 0.29) is 16.0 Å². The number of carbonyl (C=O) groups is 3. The van der Waals surface area contributed by atoms with Gasteiger partial charge in [0.25, 0.3) is 11.8 Å². The molecule has 0 bridgehead atoms. The van der Waals surface area contributed by atoms with Gasteiger partial charge in [0.05, 0.1) is 28.2 Å². The third-order valence-corrected chi connectivity index (χ3v) is 5.36. The quantitative estimate of drug-likeness (QED) is 0.752. The van der Waals surface area contributed by atoms with Gasteiger partial charge in [0, 0.05) is 0 Å². The van der Waals surface area contributed by atoms with Crippen LogP contribution in [0, 0.1) is 0 Å². The first-order chi connectivity index (χ1) is 11.9. The molecule has 7 nitrogen and oxygen atoms in total. The van der Waals surface area contributed by atoms with Crippen LogP contribution in [0.15, 0.2) is 59.5 Å². The van der Waals surface area contributed by atoms with Gasteiger partial charge in [0.15, 0.2) is 9.84 Å². The smallest absolute Gasteiger partial charge is 0.330 e. The zero-order valence-corrected chi connectivity index (χ0v) is 13.7. The molecule has 0 saturated heterocycles. The van der Waals surface area contributed by atoms with Crippen LogP contribution in [0.4, 0.5) is 0 Å². The maximum absolute atomic E-state index is 12.1. The Hall–Kier alpha value is -3.00. The van der Waals surface area contributed by atoms with Crippen LogP contribution in [0.25, 0.3) is 0 Å². The van der Waals surface area contributed by atoms with E-state index >= 15 is 0 Å². The average molecular weight is 359 g/mol. The number of fused-ring (bicyclic) bond motifs is 1. The van der Waals surface area contributed by atoms with Gasteiger partial charge in [-0.15, -0.1) is 0 Å². The lowest BCUT2D eigenvalue weighted by Gasteiger charge is -2.12. The Morgan fingerprint density at radius 2 is 1.40 bits per heavy atom. The van der Waals surface area contributed by atoms with E-state index in [1.807, 2.05) is 0 Å². The molecule has 1 aliphatic heterocycles. The summed E-state index contributed by atoms with van der Waals surface area (Å²) < 4.78 is 24.3. The van der Waals surface area contributed by atoms with Gasteiger partial charge in [-0.05, 0) is 24.3 Å². The van der Waals surface area contributed by atoms with Crippen LogP contribution < -0.4 is 0 Å². The summed E-state index contributed by atoms with van der Waals surface area (Å²) in [5, 5.41) is 0.363. The number of hydrogen-bond donors (Lipinski definition) is 0. The number of amides is 2. The van der Waals surface area contributed by atoms with Crippen molar-refractivity contribution in [1.29, 1.82) is 0 Å². The zero-order valence-electron chi connectivity index (χ0n) is 12.9. The second kappa shape index (κ2) is 6.48. The molecule has 0 fully saturated rings. The molecule has 2 aromatic carbocycles. The van der Waals surface area contributed by atoms with Crippen molar-refractivity contribution in [1.82, 2.24) is 5.06 Å². The molecule has 2 amide bonds. The number of rotatable bonds is 5. The van der Waals surface area contributed by atoms with Crippen LogP contribution in [-0.2, 0) is 19.5 Å². The predicted molar refractivity (Wildman–Crippen MR) is 86.1 cm³/mol. The molecule has 3 rings (SSSR count). The van der Waals surface area contributed by atoms with Crippen molar-refractivity contribution in [3.63, 3.8) is 0 Å². The molecule has 0 saturated carbocycles. The lowest BCUT2D eigenvalue weighted by atomic mass is 10.1. The van der Waals surface area contributed by atoms with Crippen LogP contribution in [-0.4, -0.2) is 37.0 Å². The van der Waals surface area contributed by atoms with Crippen LogP contribution >= 0.6 is 0 Å². The fourth-order valence-electron chi connectivity index (χ4n) is 2.36. The van der Waals surface area contributed by atoms with Crippen molar-refractivity contribution in [2.45, 2.75) is 11.3 Å². The second-order valence-electron chi connectivity index (χ2n) is 5.30. The largest absolute Gasteiger partial charge is 0.334 e. The highest BCUT2D eigenvalue weighted by Gasteiger charge is 2.38. The minimum atomic E-state index is -3.66. The van der Waals surface area contributed by atoms with Gasteiger partial charge >= 0.3 is 5.97 Å². The van der Waals surface area contributed by atoms with Crippen molar-refractivity contribution in [3.8, 4) is 0 Å². The maximum atomic E-state index is 12.1. The maximum Gasteiger partial charge on any atom is 0.334 e. The Kier molecular flexibility index (Phi) is 4.37. The number of hydrogen-bond acceptors (Lipinski definition) is 6. The van der Waals surface area contributed by atoms with E-state index in [0.717, 1.165) is 0 Å². The van der Waals surface area contributed by atoms with Gasteiger partial charge in [-0.25, -0.2) is 13.2 Å². The minimum Gasteiger partial charge on any atom is -0.330 e. The summed E-state index contributed by atoms with van der Waals surface area (Å²) in [6.45, 7) is 0. The molecule has 0 radical (unpaired) electrons. The molecule has 2 aromatic rings. The van der Waals surface area contributed by atoms with Crippen LogP contribution in [0.3, 0.4) is 0 Å². The fourth-order valence-corrected chi connectivity index (χ4v) is 3.60. The normalized spacial score (nSPS) is 13.7. The highest BCUT2D eigenvalue weighted by Crippen LogP contribution is 2.23. The van der Waals surface area contributed by atoms with E-state index in [0.29, 0.717) is 5.06 Å². The molecule has 1 aliphatic rings. The summed E-state index contributed by atoms with van der Waals surface area (Å²) in [7, 11) is -3.66. The number of hydroxylamine groups is 2. The van der Waals surface area contributed by atoms with Gasteiger partial charge in [-0.2, -0.15) is 0 Å². The molecule has 0 N–H and O–H groups in total. The van der Waals surface area contributed by atoms with Gasteiger partial charge in [-0.1, -0.05) is 35.4 Å². The number of sulfone groups is 1. The van der Waals surface area contributed by atoms with E-state index in [4.69, 9.17) is 4.84 Å². The second-order valence-corrected chi connectivity index (χ2v) is 7.40. The molecule has 1 heterocycles. The molecule has 8 heteroatoms. The van der Waals surface area contributed by atoms with Crippen LogP contribution in [0.2, 0.25) is 0 Å². The van der Waals surface area contributed by atoms with E-state index in [9.17, 15) is 22.8 Å². The molecular weight excluding hydrogens is 346 g/mol. The number of carbonyl (C=O) groups excluding carboxylic acids is 3. The molecule has 0 atom stereocenters. The first-order valence-corrected chi connectivity index (χ1v) is 9.02. The molecule has 128 valence electrons. The third-order valence-electron chi connectivity index (χ3n) is 3.63.